The first-order chi connectivity index (χ1) is 12.1. The fourth-order valence-electron chi connectivity index (χ4n) is 3.14. The quantitative estimate of drug-likeness (QED) is 0.754. The molecule has 0 radical (unpaired) electrons. The molecule has 0 N–H and O–H groups in total. The lowest BCUT2D eigenvalue weighted by Crippen LogP contribution is -2.37. The van der Waals surface area contributed by atoms with Crippen LogP contribution in [0.1, 0.15) is 31.5 Å². The summed E-state index contributed by atoms with van der Waals surface area (Å²) in [6, 6.07) is 0.430. The molecule has 10 heteroatoms. The smallest absolute Gasteiger partial charge is 0.345 e. The van der Waals surface area contributed by atoms with Crippen LogP contribution in [0.3, 0.4) is 0 Å². The third-order valence-corrected chi connectivity index (χ3v) is 4.37. The Kier molecular flexibility index (Phi) is 4.86. The minimum Gasteiger partial charge on any atom is -0.467 e. The molecule has 136 valence electrons. The third kappa shape index (κ3) is 3.28. The first-order valence-corrected chi connectivity index (χ1v) is 8.30. The van der Waals surface area contributed by atoms with Gasteiger partial charge >= 0.3 is 17.7 Å². The van der Waals surface area contributed by atoms with Crippen molar-refractivity contribution in [2.24, 2.45) is 7.05 Å². The van der Waals surface area contributed by atoms with Crippen LogP contribution >= 0.6 is 0 Å². The fourth-order valence-corrected chi connectivity index (χ4v) is 3.14. The van der Waals surface area contributed by atoms with Gasteiger partial charge in [0, 0.05) is 32.6 Å². The van der Waals surface area contributed by atoms with Crippen LogP contribution in [0.4, 0.5) is 5.95 Å². The van der Waals surface area contributed by atoms with E-state index >= 15 is 0 Å². The van der Waals surface area contributed by atoms with Gasteiger partial charge in [-0.15, -0.1) is 4.98 Å². The summed E-state index contributed by atoms with van der Waals surface area (Å²) in [4.78, 5) is 26.9. The van der Waals surface area contributed by atoms with Crippen LogP contribution < -0.4 is 20.1 Å². The number of aromatic nitrogens is 6. The van der Waals surface area contributed by atoms with Gasteiger partial charge in [-0.1, -0.05) is 0 Å². The van der Waals surface area contributed by atoms with E-state index in [4.69, 9.17) is 9.47 Å². The number of piperidine rings is 1. The molecule has 2 aromatic rings. The van der Waals surface area contributed by atoms with Gasteiger partial charge in [-0.25, -0.2) is 9.48 Å². The average Bonchev–Trinajstić information content (AvgIpc) is 2.95. The van der Waals surface area contributed by atoms with Crippen LogP contribution in [0.15, 0.2) is 4.79 Å². The molecule has 1 aliphatic rings. The van der Waals surface area contributed by atoms with Crippen molar-refractivity contribution >= 4 is 5.95 Å². The molecule has 2 aromatic heterocycles. The standard InChI is InChI=1S/C15H23N7O3/c1-5-22-11(19-20(2)15(22)23)10-7-6-8-21(9-10)12-16-13(24-3)18-14(17-12)25-4/h10H,5-9H2,1-4H3. The molecule has 0 aliphatic carbocycles. The van der Waals surface area contributed by atoms with Crippen LogP contribution in [0.5, 0.6) is 12.0 Å². The molecule has 1 atom stereocenters. The maximum Gasteiger partial charge on any atom is 0.345 e. The molecule has 10 nitrogen and oxygen atoms in total. The summed E-state index contributed by atoms with van der Waals surface area (Å²) in [7, 11) is 4.69. The van der Waals surface area contributed by atoms with Gasteiger partial charge in [-0.2, -0.15) is 15.1 Å². The normalized spacial score (nSPS) is 17.6. The Morgan fingerprint density at radius 1 is 1.16 bits per heavy atom. The topological polar surface area (TPSA) is 100 Å². The molecule has 1 unspecified atom stereocenters. The van der Waals surface area contributed by atoms with Crippen molar-refractivity contribution in [1.29, 1.82) is 0 Å². The van der Waals surface area contributed by atoms with Crippen LogP contribution in [-0.2, 0) is 13.6 Å². The summed E-state index contributed by atoms with van der Waals surface area (Å²) in [6.07, 6.45) is 1.92. The van der Waals surface area contributed by atoms with Crippen molar-refractivity contribution in [1.82, 2.24) is 29.3 Å². The highest BCUT2D eigenvalue weighted by Crippen LogP contribution is 2.28. The van der Waals surface area contributed by atoms with E-state index in [1.54, 1.807) is 11.6 Å². The molecule has 3 rings (SSSR count). The van der Waals surface area contributed by atoms with E-state index in [0.29, 0.717) is 19.0 Å². The lowest BCUT2D eigenvalue weighted by molar-refractivity contribution is 0.338. The Hall–Kier alpha value is -2.65. The minimum atomic E-state index is -0.0851. The summed E-state index contributed by atoms with van der Waals surface area (Å²) in [5.74, 6) is 1.46. The van der Waals surface area contributed by atoms with E-state index in [1.165, 1.54) is 18.9 Å². The number of nitrogens with zero attached hydrogens (tertiary/aromatic N) is 7. The molecular weight excluding hydrogens is 326 g/mol. The highest BCUT2D eigenvalue weighted by atomic mass is 16.5. The summed E-state index contributed by atoms with van der Waals surface area (Å²) in [5.41, 5.74) is -0.0851. The van der Waals surface area contributed by atoms with Crippen molar-refractivity contribution in [2.45, 2.75) is 32.2 Å². The second kappa shape index (κ2) is 7.08. The predicted molar refractivity (Wildman–Crippen MR) is 90.3 cm³/mol. The maximum atomic E-state index is 12.2. The number of methoxy groups -OCH3 is 2. The first kappa shape index (κ1) is 17.2. The van der Waals surface area contributed by atoms with Crippen LogP contribution in [0, 0.1) is 0 Å². The Labute approximate surface area is 145 Å². The monoisotopic (exact) mass is 349 g/mol. The zero-order valence-electron chi connectivity index (χ0n) is 15.0. The molecule has 0 aromatic carbocycles. The molecule has 1 aliphatic heterocycles. The molecule has 3 heterocycles. The third-order valence-electron chi connectivity index (χ3n) is 4.37. The number of aryl methyl sites for hydroxylation is 1. The van der Waals surface area contributed by atoms with E-state index in [1.807, 2.05) is 6.92 Å². The highest BCUT2D eigenvalue weighted by molar-refractivity contribution is 5.34. The van der Waals surface area contributed by atoms with Crippen LogP contribution in [0.25, 0.3) is 0 Å². The van der Waals surface area contributed by atoms with Crippen molar-refractivity contribution in [3.05, 3.63) is 16.3 Å². The largest absolute Gasteiger partial charge is 0.467 e. The van der Waals surface area contributed by atoms with E-state index in [-0.39, 0.29) is 23.6 Å². The summed E-state index contributed by atoms with van der Waals surface area (Å²) < 4.78 is 13.4. The van der Waals surface area contributed by atoms with Crippen LogP contribution in [-0.4, -0.2) is 56.6 Å². The van der Waals surface area contributed by atoms with Crippen molar-refractivity contribution in [2.75, 3.05) is 32.2 Å². The van der Waals surface area contributed by atoms with Gasteiger partial charge < -0.3 is 14.4 Å². The van der Waals surface area contributed by atoms with E-state index in [0.717, 1.165) is 25.2 Å². The summed E-state index contributed by atoms with van der Waals surface area (Å²) in [5, 5.41) is 4.44. The SMILES string of the molecule is CCn1c(C2CCCN(c3nc(OC)nc(OC)n3)C2)nn(C)c1=O. The average molecular weight is 349 g/mol. The molecule has 0 saturated carbocycles. The fraction of sp³-hybridized carbons (Fsp3) is 0.667. The summed E-state index contributed by atoms with van der Waals surface area (Å²) in [6.45, 7) is 4.05. The van der Waals surface area contributed by atoms with E-state index < -0.39 is 0 Å². The van der Waals surface area contributed by atoms with Crippen molar-refractivity contribution in [3.63, 3.8) is 0 Å². The van der Waals surface area contributed by atoms with Crippen molar-refractivity contribution in [3.8, 4) is 12.0 Å². The van der Waals surface area contributed by atoms with Gasteiger partial charge in [-0.3, -0.25) is 4.57 Å². The Bertz CT molecular complexity index is 779. The predicted octanol–water partition coefficient (Wildman–Crippen LogP) is 0.188. The second-order valence-electron chi connectivity index (χ2n) is 5.90. The molecule has 0 amide bonds. The molecular formula is C15H23N7O3. The maximum absolute atomic E-state index is 12.2. The van der Waals surface area contributed by atoms with Crippen LogP contribution in [0.2, 0.25) is 0 Å². The first-order valence-electron chi connectivity index (χ1n) is 8.30. The van der Waals surface area contributed by atoms with Gasteiger partial charge in [0.2, 0.25) is 5.95 Å². The number of rotatable bonds is 5. The summed E-state index contributed by atoms with van der Waals surface area (Å²) >= 11 is 0. The zero-order valence-corrected chi connectivity index (χ0v) is 15.0. The zero-order chi connectivity index (χ0) is 18.0. The van der Waals surface area contributed by atoms with Gasteiger partial charge in [0.1, 0.15) is 5.82 Å². The number of anilines is 1. The van der Waals surface area contributed by atoms with Gasteiger partial charge in [0.15, 0.2) is 0 Å². The number of ether oxygens (including phenoxy) is 2. The van der Waals surface area contributed by atoms with Gasteiger partial charge in [0.25, 0.3) is 0 Å². The molecule has 0 bridgehead atoms. The Morgan fingerprint density at radius 3 is 2.44 bits per heavy atom. The molecule has 1 saturated heterocycles. The second-order valence-corrected chi connectivity index (χ2v) is 5.90. The molecule has 25 heavy (non-hydrogen) atoms. The van der Waals surface area contributed by atoms with E-state index in [9.17, 15) is 4.79 Å². The molecule has 1 fully saturated rings. The number of hydrogen-bond acceptors (Lipinski definition) is 8. The van der Waals surface area contributed by atoms with Gasteiger partial charge in [-0.05, 0) is 19.8 Å². The van der Waals surface area contributed by atoms with Crippen molar-refractivity contribution < 1.29 is 9.47 Å². The Balaban J connectivity index is 1.89. The Morgan fingerprint density at radius 2 is 1.84 bits per heavy atom. The minimum absolute atomic E-state index is 0.0851. The van der Waals surface area contributed by atoms with Gasteiger partial charge in [0.05, 0.1) is 14.2 Å². The highest BCUT2D eigenvalue weighted by Gasteiger charge is 2.28. The lowest BCUT2D eigenvalue weighted by atomic mass is 9.97. The molecule has 0 spiro atoms. The lowest BCUT2D eigenvalue weighted by Gasteiger charge is -2.32. The number of hydrogen-bond donors (Lipinski definition) is 0. The van der Waals surface area contributed by atoms with E-state index in [2.05, 4.69) is 25.0 Å².